The minimum atomic E-state index is -1.05. The molecule has 0 aliphatic heterocycles. The zero-order valence-corrected chi connectivity index (χ0v) is 12.4. The van der Waals surface area contributed by atoms with Crippen LogP contribution in [-0.2, 0) is 4.74 Å². The van der Waals surface area contributed by atoms with Crippen molar-refractivity contribution < 1.29 is 14.6 Å². The Morgan fingerprint density at radius 2 is 2.14 bits per heavy atom. The van der Waals surface area contributed by atoms with Crippen molar-refractivity contribution in [3.8, 4) is 0 Å². The van der Waals surface area contributed by atoms with Gasteiger partial charge in [0.05, 0.1) is 29.2 Å². The van der Waals surface area contributed by atoms with Crippen LogP contribution >= 0.6 is 0 Å². The first-order valence-electron chi connectivity index (χ1n) is 7.01. The summed E-state index contributed by atoms with van der Waals surface area (Å²) in [6.07, 6.45) is 0. The van der Waals surface area contributed by atoms with Crippen LogP contribution in [-0.4, -0.2) is 33.8 Å². The number of carboxylic acids is 1. The summed E-state index contributed by atoms with van der Waals surface area (Å²) in [6.45, 7) is 6.77. The molecule has 0 saturated carbocycles. The molecule has 1 heterocycles. The minimum absolute atomic E-state index is 0.119. The largest absolute Gasteiger partial charge is 0.478 e. The van der Waals surface area contributed by atoms with Gasteiger partial charge in [0.1, 0.15) is 0 Å². The number of nitrogens with one attached hydrogen (secondary N) is 1. The van der Waals surface area contributed by atoms with Gasteiger partial charge in [-0.05, 0) is 25.0 Å². The Morgan fingerprint density at radius 3 is 2.71 bits per heavy atom. The Kier molecular flexibility index (Phi) is 4.47. The van der Waals surface area contributed by atoms with Crippen LogP contribution in [0.1, 0.15) is 37.2 Å². The molecular formula is C15H20N2O4. The summed E-state index contributed by atoms with van der Waals surface area (Å²) in [5, 5.41) is 9.35. The summed E-state index contributed by atoms with van der Waals surface area (Å²) < 4.78 is 6.98. The molecule has 114 valence electrons. The number of rotatable bonds is 6. The number of H-pyrrole nitrogens is 1. The maximum Gasteiger partial charge on any atom is 0.337 e. The molecular weight excluding hydrogens is 272 g/mol. The zero-order chi connectivity index (χ0) is 15.6. The van der Waals surface area contributed by atoms with Crippen LogP contribution in [0.25, 0.3) is 11.0 Å². The molecule has 1 aromatic heterocycles. The maximum absolute atomic E-state index is 12.3. The number of carboxylic acid groups (broad SMARTS) is 1. The van der Waals surface area contributed by atoms with Crippen molar-refractivity contribution in [3.05, 3.63) is 34.2 Å². The first kappa shape index (κ1) is 15.3. The molecule has 1 unspecified atom stereocenters. The van der Waals surface area contributed by atoms with E-state index in [0.717, 1.165) is 0 Å². The van der Waals surface area contributed by atoms with Gasteiger partial charge in [-0.2, -0.15) is 0 Å². The van der Waals surface area contributed by atoms with E-state index in [9.17, 15) is 14.7 Å². The highest BCUT2D eigenvalue weighted by atomic mass is 16.5. The van der Waals surface area contributed by atoms with E-state index in [2.05, 4.69) is 4.98 Å². The molecule has 2 N–H and O–H groups in total. The van der Waals surface area contributed by atoms with Gasteiger partial charge in [-0.25, -0.2) is 9.59 Å². The molecule has 0 aliphatic rings. The fraction of sp³-hybridized carbons (Fsp3) is 0.467. The number of hydrogen-bond donors (Lipinski definition) is 2. The van der Waals surface area contributed by atoms with Gasteiger partial charge in [-0.1, -0.05) is 19.9 Å². The second-order valence-corrected chi connectivity index (χ2v) is 5.28. The van der Waals surface area contributed by atoms with Crippen molar-refractivity contribution >= 4 is 17.0 Å². The predicted octanol–water partition coefficient (Wildman–Crippen LogP) is 2.26. The first-order chi connectivity index (χ1) is 9.97. The number of aromatic nitrogens is 2. The summed E-state index contributed by atoms with van der Waals surface area (Å²) in [4.78, 5) is 26.4. The third-order valence-electron chi connectivity index (χ3n) is 3.56. The summed E-state index contributed by atoms with van der Waals surface area (Å²) >= 11 is 0. The number of benzene rings is 1. The molecule has 6 heteroatoms. The fourth-order valence-corrected chi connectivity index (χ4v) is 2.47. The Labute approximate surface area is 122 Å². The summed E-state index contributed by atoms with van der Waals surface area (Å²) in [5.74, 6) is -0.914. The standard InChI is InChI=1S/C15H20N2O4/c1-4-21-8-12(9(2)3)17-13-10(14(18)19)6-5-7-11(13)16-15(17)20/h5-7,9,12H,4,8H2,1-3H3,(H,16,20)(H,18,19). The third-order valence-corrected chi connectivity index (χ3v) is 3.56. The monoisotopic (exact) mass is 292 g/mol. The SMILES string of the molecule is CCOCC(C(C)C)n1c(=O)[nH]c2cccc(C(=O)O)c21. The molecule has 0 spiro atoms. The van der Waals surface area contributed by atoms with Crippen LogP contribution in [0.3, 0.4) is 0 Å². The van der Waals surface area contributed by atoms with E-state index in [-0.39, 0.29) is 23.2 Å². The average Bonchev–Trinajstić information content (AvgIpc) is 2.75. The number of fused-ring (bicyclic) bond motifs is 1. The molecule has 21 heavy (non-hydrogen) atoms. The lowest BCUT2D eigenvalue weighted by Gasteiger charge is -2.22. The first-order valence-corrected chi connectivity index (χ1v) is 7.01. The van der Waals surface area contributed by atoms with Gasteiger partial charge in [0.25, 0.3) is 0 Å². The number of carbonyl (C=O) groups is 1. The lowest BCUT2D eigenvalue weighted by atomic mass is 10.0. The van der Waals surface area contributed by atoms with Gasteiger partial charge in [0.2, 0.25) is 0 Å². The second-order valence-electron chi connectivity index (χ2n) is 5.28. The van der Waals surface area contributed by atoms with Crippen LogP contribution in [0.5, 0.6) is 0 Å². The highest BCUT2D eigenvalue weighted by molar-refractivity contribution is 6.01. The molecule has 6 nitrogen and oxygen atoms in total. The lowest BCUT2D eigenvalue weighted by Crippen LogP contribution is -2.29. The highest BCUT2D eigenvalue weighted by Crippen LogP contribution is 2.24. The van der Waals surface area contributed by atoms with Crippen LogP contribution in [0.2, 0.25) is 0 Å². The lowest BCUT2D eigenvalue weighted by molar-refractivity contribution is 0.0696. The molecule has 0 fully saturated rings. The van der Waals surface area contributed by atoms with Gasteiger partial charge < -0.3 is 14.8 Å². The predicted molar refractivity (Wildman–Crippen MR) is 79.9 cm³/mol. The van der Waals surface area contributed by atoms with Crippen molar-refractivity contribution in [2.45, 2.75) is 26.8 Å². The van der Waals surface area contributed by atoms with Crippen molar-refractivity contribution in [2.75, 3.05) is 13.2 Å². The van der Waals surface area contributed by atoms with Crippen molar-refractivity contribution in [3.63, 3.8) is 0 Å². The van der Waals surface area contributed by atoms with Crippen LogP contribution in [0.4, 0.5) is 0 Å². The van der Waals surface area contributed by atoms with Crippen molar-refractivity contribution in [1.82, 2.24) is 9.55 Å². The number of aromatic carboxylic acids is 1. The molecule has 1 atom stereocenters. The van der Waals surface area contributed by atoms with Crippen LogP contribution in [0, 0.1) is 5.92 Å². The van der Waals surface area contributed by atoms with E-state index in [1.807, 2.05) is 20.8 Å². The van der Waals surface area contributed by atoms with Gasteiger partial charge in [-0.3, -0.25) is 4.57 Å². The Hall–Kier alpha value is -2.08. The smallest absolute Gasteiger partial charge is 0.337 e. The number of nitrogens with zero attached hydrogens (tertiary/aromatic N) is 1. The molecule has 2 aromatic rings. The van der Waals surface area contributed by atoms with Gasteiger partial charge in [-0.15, -0.1) is 0 Å². The number of imidazole rings is 1. The van der Waals surface area contributed by atoms with Crippen LogP contribution in [0.15, 0.2) is 23.0 Å². The van der Waals surface area contributed by atoms with E-state index in [0.29, 0.717) is 24.2 Å². The number of ether oxygens (including phenoxy) is 1. The van der Waals surface area contributed by atoms with Crippen molar-refractivity contribution in [2.24, 2.45) is 5.92 Å². The van der Waals surface area contributed by atoms with Crippen molar-refractivity contribution in [1.29, 1.82) is 0 Å². The maximum atomic E-state index is 12.3. The zero-order valence-electron chi connectivity index (χ0n) is 12.4. The Morgan fingerprint density at radius 1 is 1.43 bits per heavy atom. The van der Waals surface area contributed by atoms with Gasteiger partial charge in [0, 0.05) is 6.61 Å². The molecule has 0 radical (unpaired) electrons. The summed E-state index contributed by atoms with van der Waals surface area (Å²) in [5.41, 5.74) is 0.764. The van der Waals surface area contributed by atoms with E-state index in [4.69, 9.17) is 4.74 Å². The molecule has 0 amide bonds. The normalized spacial score (nSPS) is 13.0. The van der Waals surface area contributed by atoms with Crippen LogP contribution < -0.4 is 5.69 Å². The summed E-state index contributed by atoms with van der Waals surface area (Å²) in [7, 11) is 0. The fourth-order valence-electron chi connectivity index (χ4n) is 2.47. The average molecular weight is 292 g/mol. The number of para-hydroxylation sites is 1. The Balaban J connectivity index is 2.68. The molecule has 0 aliphatic carbocycles. The summed E-state index contributed by atoms with van der Waals surface area (Å²) in [6, 6.07) is 4.62. The third kappa shape index (κ3) is 2.85. The number of aromatic amines is 1. The molecule has 1 aromatic carbocycles. The van der Waals surface area contributed by atoms with E-state index in [1.165, 1.54) is 10.6 Å². The topological polar surface area (TPSA) is 84.3 Å². The van der Waals surface area contributed by atoms with Gasteiger partial charge >= 0.3 is 11.7 Å². The number of hydrogen-bond acceptors (Lipinski definition) is 3. The minimum Gasteiger partial charge on any atom is -0.478 e. The highest BCUT2D eigenvalue weighted by Gasteiger charge is 2.23. The van der Waals surface area contributed by atoms with E-state index < -0.39 is 5.97 Å². The molecule has 0 saturated heterocycles. The van der Waals surface area contributed by atoms with E-state index in [1.54, 1.807) is 12.1 Å². The second kappa shape index (κ2) is 6.13. The van der Waals surface area contributed by atoms with Gasteiger partial charge in [0.15, 0.2) is 0 Å². The van der Waals surface area contributed by atoms with E-state index >= 15 is 0 Å². The Bertz CT molecular complexity index is 699. The quantitative estimate of drug-likeness (QED) is 0.855. The molecule has 0 bridgehead atoms. The molecule has 2 rings (SSSR count).